The molecule has 1 aromatic heterocycles. The SMILES string of the molecule is Cc1ccc(-c2nc(N)oc2C(=O)O)c(C)c1. The molecule has 1 aromatic carbocycles. The fourth-order valence-corrected chi connectivity index (χ4v) is 1.74. The van der Waals surface area contributed by atoms with Crippen LogP contribution in [0.15, 0.2) is 22.6 Å². The first-order chi connectivity index (χ1) is 7.99. The van der Waals surface area contributed by atoms with Crippen LogP contribution in [-0.4, -0.2) is 16.1 Å². The fraction of sp³-hybridized carbons (Fsp3) is 0.167. The number of carboxylic acid groups (broad SMARTS) is 1. The van der Waals surface area contributed by atoms with Gasteiger partial charge in [-0.05, 0) is 19.4 Å². The third-order valence-electron chi connectivity index (χ3n) is 2.47. The topological polar surface area (TPSA) is 89.4 Å². The molecule has 0 saturated carbocycles. The molecule has 0 bridgehead atoms. The summed E-state index contributed by atoms with van der Waals surface area (Å²) in [4.78, 5) is 14.9. The summed E-state index contributed by atoms with van der Waals surface area (Å²) < 4.78 is 4.88. The lowest BCUT2D eigenvalue weighted by molar-refractivity contribution is 0.0665. The fourth-order valence-electron chi connectivity index (χ4n) is 1.74. The Morgan fingerprint density at radius 2 is 2.12 bits per heavy atom. The van der Waals surface area contributed by atoms with Gasteiger partial charge in [0.2, 0.25) is 5.76 Å². The summed E-state index contributed by atoms with van der Waals surface area (Å²) >= 11 is 0. The summed E-state index contributed by atoms with van der Waals surface area (Å²) in [5.41, 5.74) is 8.41. The summed E-state index contributed by atoms with van der Waals surface area (Å²) in [6.07, 6.45) is 0. The van der Waals surface area contributed by atoms with Crippen LogP contribution in [0.25, 0.3) is 11.3 Å². The minimum absolute atomic E-state index is 0.141. The van der Waals surface area contributed by atoms with Gasteiger partial charge in [-0.15, -0.1) is 0 Å². The largest absolute Gasteiger partial charge is 0.475 e. The van der Waals surface area contributed by atoms with Crippen LogP contribution in [0.5, 0.6) is 0 Å². The second-order valence-electron chi connectivity index (χ2n) is 3.85. The highest BCUT2D eigenvalue weighted by Gasteiger charge is 2.20. The number of nitrogens with two attached hydrogens (primary N) is 1. The van der Waals surface area contributed by atoms with Crippen LogP contribution in [0, 0.1) is 13.8 Å². The number of anilines is 1. The zero-order valence-corrected chi connectivity index (χ0v) is 9.52. The van der Waals surface area contributed by atoms with Crippen molar-refractivity contribution in [3.05, 3.63) is 35.1 Å². The van der Waals surface area contributed by atoms with Gasteiger partial charge in [-0.1, -0.05) is 23.8 Å². The van der Waals surface area contributed by atoms with Crippen molar-refractivity contribution in [1.82, 2.24) is 4.98 Å². The minimum atomic E-state index is -1.18. The number of hydrogen-bond donors (Lipinski definition) is 2. The molecule has 2 rings (SSSR count). The zero-order chi connectivity index (χ0) is 12.6. The molecule has 3 N–H and O–H groups in total. The molecule has 5 nitrogen and oxygen atoms in total. The van der Waals surface area contributed by atoms with Gasteiger partial charge in [0.1, 0.15) is 5.69 Å². The van der Waals surface area contributed by atoms with Gasteiger partial charge in [0.25, 0.3) is 6.01 Å². The molecule has 0 amide bonds. The van der Waals surface area contributed by atoms with E-state index in [0.29, 0.717) is 5.56 Å². The lowest BCUT2D eigenvalue weighted by atomic mass is 10.0. The van der Waals surface area contributed by atoms with Crippen LogP contribution in [0.3, 0.4) is 0 Å². The van der Waals surface area contributed by atoms with Crippen LogP contribution in [0.4, 0.5) is 6.01 Å². The van der Waals surface area contributed by atoms with Gasteiger partial charge in [-0.2, -0.15) is 4.98 Å². The van der Waals surface area contributed by atoms with Gasteiger partial charge < -0.3 is 15.3 Å². The maximum absolute atomic E-state index is 11.0. The number of oxazole rings is 1. The van der Waals surface area contributed by atoms with E-state index in [9.17, 15) is 4.79 Å². The van der Waals surface area contributed by atoms with Gasteiger partial charge in [-0.3, -0.25) is 0 Å². The van der Waals surface area contributed by atoms with Gasteiger partial charge in [0.15, 0.2) is 0 Å². The van der Waals surface area contributed by atoms with Crippen molar-refractivity contribution in [3.63, 3.8) is 0 Å². The summed E-state index contributed by atoms with van der Waals surface area (Å²) in [5, 5.41) is 9.00. The highest BCUT2D eigenvalue weighted by Crippen LogP contribution is 2.28. The molecule has 17 heavy (non-hydrogen) atoms. The van der Waals surface area contributed by atoms with Crippen LogP contribution < -0.4 is 5.73 Å². The predicted molar refractivity (Wildman–Crippen MR) is 62.8 cm³/mol. The molecule has 88 valence electrons. The van der Waals surface area contributed by atoms with Gasteiger partial charge >= 0.3 is 5.97 Å². The average Bonchev–Trinajstić information content (AvgIpc) is 2.60. The molecule has 0 aliphatic rings. The molecule has 0 unspecified atom stereocenters. The van der Waals surface area contributed by atoms with Crippen molar-refractivity contribution in [2.75, 3.05) is 5.73 Å². The van der Waals surface area contributed by atoms with Crippen LogP contribution in [0.2, 0.25) is 0 Å². The third-order valence-corrected chi connectivity index (χ3v) is 2.47. The number of benzene rings is 1. The molecule has 0 saturated heterocycles. The summed E-state index contributed by atoms with van der Waals surface area (Å²) in [5.74, 6) is -1.40. The number of carbonyl (C=O) groups is 1. The van der Waals surface area contributed by atoms with E-state index < -0.39 is 5.97 Å². The number of nitrogens with zero attached hydrogens (tertiary/aromatic N) is 1. The van der Waals surface area contributed by atoms with E-state index >= 15 is 0 Å². The van der Waals surface area contributed by atoms with Crippen molar-refractivity contribution in [1.29, 1.82) is 0 Å². The number of aromatic nitrogens is 1. The summed E-state index contributed by atoms with van der Waals surface area (Å²) in [6, 6.07) is 5.51. The molecule has 0 radical (unpaired) electrons. The Bertz CT molecular complexity index is 587. The number of rotatable bonds is 2. The Labute approximate surface area is 97.9 Å². The maximum Gasteiger partial charge on any atom is 0.374 e. The maximum atomic E-state index is 11.0. The van der Waals surface area contributed by atoms with Gasteiger partial charge in [0.05, 0.1) is 0 Å². The van der Waals surface area contributed by atoms with E-state index in [1.165, 1.54) is 0 Å². The normalized spacial score (nSPS) is 10.5. The van der Waals surface area contributed by atoms with Gasteiger partial charge in [-0.25, -0.2) is 4.79 Å². The Balaban J connectivity index is 2.63. The minimum Gasteiger partial charge on any atom is -0.475 e. The van der Waals surface area contributed by atoms with E-state index in [0.717, 1.165) is 11.1 Å². The first-order valence-electron chi connectivity index (χ1n) is 5.06. The van der Waals surface area contributed by atoms with E-state index in [4.69, 9.17) is 15.3 Å². The zero-order valence-electron chi connectivity index (χ0n) is 9.52. The Hall–Kier alpha value is -2.30. The quantitative estimate of drug-likeness (QED) is 0.828. The molecule has 0 aliphatic carbocycles. The summed E-state index contributed by atoms with van der Waals surface area (Å²) in [7, 11) is 0. The van der Waals surface area contributed by atoms with Crippen LogP contribution in [-0.2, 0) is 0 Å². The average molecular weight is 232 g/mol. The van der Waals surface area contributed by atoms with Crippen molar-refractivity contribution < 1.29 is 14.3 Å². The number of hydrogen-bond acceptors (Lipinski definition) is 4. The predicted octanol–water partition coefficient (Wildman–Crippen LogP) is 2.24. The summed E-state index contributed by atoms with van der Waals surface area (Å²) in [6.45, 7) is 3.85. The number of nitrogen functional groups attached to an aromatic ring is 1. The Kier molecular flexibility index (Phi) is 2.59. The van der Waals surface area contributed by atoms with Gasteiger partial charge in [0, 0.05) is 5.56 Å². The van der Waals surface area contributed by atoms with E-state index in [-0.39, 0.29) is 17.5 Å². The second-order valence-corrected chi connectivity index (χ2v) is 3.85. The van der Waals surface area contributed by atoms with Crippen LogP contribution >= 0.6 is 0 Å². The third kappa shape index (κ3) is 1.99. The standard InChI is InChI=1S/C12H12N2O3/c1-6-3-4-8(7(2)5-6)9-10(11(15)16)17-12(13)14-9/h3-5H,1-2H3,(H2,13,14)(H,15,16). The van der Waals surface area contributed by atoms with E-state index in [1.54, 1.807) is 0 Å². The molecular weight excluding hydrogens is 220 g/mol. The van der Waals surface area contributed by atoms with Crippen molar-refractivity contribution >= 4 is 12.0 Å². The Morgan fingerprint density at radius 3 is 2.71 bits per heavy atom. The van der Waals surface area contributed by atoms with E-state index in [1.807, 2.05) is 32.0 Å². The van der Waals surface area contributed by atoms with Crippen molar-refractivity contribution in [2.45, 2.75) is 13.8 Å². The van der Waals surface area contributed by atoms with Crippen molar-refractivity contribution in [2.24, 2.45) is 0 Å². The number of aryl methyl sites for hydroxylation is 2. The molecule has 1 heterocycles. The lowest BCUT2D eigenvalue weighted by Gasteiger charge is -2.03. The van der Waals surface area contributed by atoms with Crippen molar-refractivity contribution in [3.8, 4) is 11.3 Å². The molecule has 0 atom stereocenters. The van der Waals surface area contributed by atoms with Crippen LogP contribution in [0.1, 0.15) is 21.7 Å². The molecular formula is C12H12N2O3. The molecule has 5 heteroatoms. The number of aromatic carboxylic acids is 1. The highest BCUT2D eigenvalue weighted by atomic mass is 16.4. The molecule has 0 fully saturated rings. The molecule has 0 spiro atoms. The lowest BCUT2D eigenvalue weighted by Crippen LogP contribution is -1.97. The monoisotopic (exact) mass is 232 g/mol. The Morgan fingerprint density at radius 1 is 1.41 bits per heavy atom. The smallest absolute Gasteiger partial charge is 0.374 e. The number of carboxylic acids is 1. The highest BCUT2D eigenvalue weighted by molar-refractivity contribution is 5.92. The first-order valence-corrected chi connectivity index (χ1v) is 5.06. The molecule has 2 aromatic rings. The first kappa shape index (κ1) is 11.2. The van der Waals surface area contributed by atoms with E-state index in [2.05, 4.69) is 4.98 Å². The second kappa shape index (κ2) is 3.93. The molecule has 0 aliphatic heterocycles.